The Hall–Kier alpha value is -3.28. The lowest BCUT2D eigenvalue weighted by atomic mass is 10.1. The van der Waals surface area contributed by atoms with Crippen LogP contribution in [0.25, 0.3) is 0 Å². The van der Waals surface area contributed by atoms with Crippen LogP contribution in [-0.4, -0.2) is 24.2 Å². The van der Waals surface area contributed by atoms with Crippen molar-refractivity contribution in [2.24, 2.45) is 10.2 Å². The molecule has 0 aromatic heterocycles. The Kier molecular flexibility index (Phi) is 5.96. The van der Waals surface area contributed by atoms with Gasteiger partial charge in [-0.15, -0.1) is 0 Å². The van der Waals surface area contributed by atoms with Gasteiger partial charge in [-0.2, -0.15) is 10.2 Å². The quantitative estimate of drug-likeness (QED) is 0.512. The fourth-order valence-corrected chi connectivity index (χ4v) is 1.89. The van der Waals surface area contributed by atoms with Crippen LogP contribution < -0.4 is 10.9 Å². The number of carbonyl (C=O) groups excluding carboxylic acids is 2. The van der Waals surface area contributed by atoms with E-state index in [4.69, 9.17) is 0 Å². The van der Waals surface area contributed by atoms with E-state index in [0.717, 1.165) is 22.3 Å². The van der Waals surface area contributed by atoms with Crippen molar-refractivity contribution in [3.05, 3.63) is 70.8 Å². The standard InChI is InChI=1S/C18H18N4O2/c1-13-7-3-5-9-15(13)11-19-21-17(23)18(24)22-20-12-16-10-6-4-8-14(16)2/h3-12H,1-2H3,(H,21,23)(H,22,24)/b19-11+,20-12+. The monoisotopic (exact) mass is 322 g/mol. The molecule has 2 aromatic rings. The number of hydrazone groups is 2. The molecule has 0 atom stereocenters. The maximum Gasteiger partial charge on any atom is 0.331 e. The number of amides is 2. The fraction of sp³-hybridized carbons (Fsp3) is 0.111. The molecular weight excluding hydrogens is 304 g/mol. The topological polar surface area (TPSA) is 82.9 Å². The minimum absolute atomic E-state index is 0.857. The number of nitrogens with zero attached hydrogens (tertiary/aromatic N) is 2. The van der Waals surface area contributed by atoms with Crippen LogP contribution >= 0.6 is 0 Å². The molecule has 2 amide bonds. The summed E-state index contributed by atoms with van der Waals surface area (Å²) in [6.07, 6.45) is 2.97. The normalized spacial score (nSPS) is 10.9. The molecule has 2 rings (SSSR count). The number of hydrogen-bond acceptors (Lipinski definition) is 4. The molecule has 0 saturated carbocycles. The summed E-state index contributed by atoms with van der Waals surface area (Å²) in [4.78, 5) is 23.2. The van der Waals surface area contributed by atoms with Gasteiger partial charge in [-0.05, 0) is 36.1 Å². The average molecular weight is 322 g/mol. The molecule has 24 heavy (non-hydrogen) atoms. The van der Waals surface area contributed by atoms with Gasteiger partial charge in [0.25, 0.3) is 0 Å². The van der Waals surface area contributed by atoms with E-state index in [2.05, 4.69) is 21.1 Å². The molecule has 0 aliphatic rings. The van der Waals surface area contributed by atoms with E-state index in [1.807, 2.05) is 62.4 Å². The van der Waals surface area contributed by atoms with Gasteiger partial charge < -0.3 is 0 Å². The molecule has 122 valence electrons. The summed E-state index contributed by atoms with van der Waals surface area (Å²) in [7, 11) is 0. The molecule has 6 heteroatoms. The summed E-state index contributed by atoms with van der Waals surface area (Å²) in [6, 6.07) is 15.1. The van der Waals surface area contributed by atoms with Crippen LogP contribution in [0.5, 0.6) is 0 Å². The van der Waals surface area contributed by atoms with E-state index >= 15 is 0 Å². The van der Waals surface area contributed by atoms with Gasteiger partial charge >= 0.3 is 11.8 Å². The maximum absolute atomic E-state index is 11.6. The highest BCUT2D eigenvalue weighted by atomic mass is 16.2. The van der Waals surface area contributed by atoms with Gasteiger partial charge in [0.1, 0.15) is 0 Å². The van der Waals surface area contributed by atoms with Crippen LogP contribution in [-0.2, 0) is 9.59 Å². The first-order chi connectivity index (χ1) is 11.6. The van der Waals surface area contributed by atoms with E-state index in [0.29, 0.717) is 0 Å². The lowest BCUT2D eigenvalue weighted by Crippen LogP contribution is -2.35. The molecule has 0 fully saturated rings. The van der Waals surface area contributed by atoms with Crippen molar-refractivity contribution in [3.8, 4) is 0 Å². The molecular formula is C18H18N4O2. The van der Waals surface area contributed by atoms with E-state index in [-0.39, 0.29) is 0 Å². The maximum atomic E-state index is 11.6. The highest BCUT2D eigenvalue weighted by Crippen LogP contribution is 2.03. The van der Waals surface area contributed by atoms with Gasteiger partial charge in [0, 0.05) is 0 Å². The minimum Gasteiger partial charge on any atom is -0.262 e. The van der Waals surface area contributed by atoms with Crippen molar-refractivity contribution in [3.63, 3.8) is 0 Å². The summed E-state index contributed by atoms with van der Waals surface area (Å²) >= 11 is 0. The fourth-order valence-electron chi connectivity index (χ4n) is 1.89. The van der Waals surface area contributed by atoms with Crippen LogP contribution in [0, 0.1) is 13.8 Å². The summed E-state index contributed by atoms with van der Waals surface area (Å²) in [5, 5.41) is 7.53. The summed E-state index contributed by atoms with van der Waals surface area (Å²) in [5.74, 6) is -1.77. The van der Waals surface area contributed by atoms with Crippen molar-refractivity contribution < 1.29 is 9.59 Å². The first-order valence-corrected chi connectivity index (χ1v) is 7.35. The predicted molar refractivity (Wildman–Crippen MR) is 93.8 cm³/mol. The number of benzene rings is 2. The first-order valence-electron chi connectivity index (χ1n) is 7.35. The second-order valence-electron chi connectivity index (χ2n) is 5.11. The zero-order valence-corrected chi connectivity index (χ0v) is 13.5. The van der Waals surface area contributed by atoms with Crippen molar-refractivity contribution >= 4 is 24.2 Å². The third kappa shape index (κ3) is 4.88. The molecule has 0 bridgehead atoms. The number of nitrogens with one attached hydrogen (secondary N) is 2. The Labute approximate surface area is 140 Å². The summed E-state index contributed by atoms with van der Waals surface area (Å²) in [5.41, 5.74) is 8.07. The Morgan fingerprint density at radius 1 is 0.750 bits per heavy atom. The smallest absolute Gasteiger partial charge is 0.262 e. The highest BCUT2D eigenvalue weighted by Gasteiger charge is 2.11. The zero-order valence-electron chi connectivity index (χ0n) is 13.5. The molecule has 6 nitrogen and oxygen atoms in total. The summed E-state index contributed by atoms with van der Waals surface area (Å²) < 4.78 is 0. The van der Waals surface area contributed by atoms with Gasteiger partial charge in [0.15, 0.2) is 0 Å². The number of hydrogen-bond donors (Lipinski definition) is 2. The molecule has 0 aliphatic carbocycles. The summed E-state index contributed by atoms with van der Waals surface area (Å²) in [6.45, 7) is 3.85. The SMILES string of the molecule is Cc1ccccc1/C=N/NC(=O)C(=O)N/N=C/c1ccccc1C. The Bertz CT molecular complexity index is 730. The van der Waals surface area contributed by atoms with Crippen LogP contribution in [0.3, 0.4) is 0 Å². The van der Waals surface area contributed by atoms with Crippen molar-refractivity contribution in [1.29, 1.82) is 0 Å². The van der Waals surface area contributed by atoms with Crippen LogP contribution in [0.15, 0.2) is 58.7 Å². The molecule has 2 N–H and O–H groups in total. The molecule has 2 aromatic carbocycles. The zero-order chi connectivity index (χ0) is 17.4. The molecule has 0 unspecified atom stereocenters. The lowest BCUT2D eigenvalue weighted by molar-refractivity contribution is -0.139. The van der Waals surface area contributed by atoms with E-state index in [9.17, 15) is 9.59 Å². The largest absolute Gasteiger partial charge is 0.331 e. The Morgan fingerprint density at radius 3 is 1.50 bits per heavy atom. The van der Waals surface area contributed by atoms with Crippen molar-refractivity contribution in [2.75, 3.05) is 0 Å². The second kappa shape index (κ2) is 8.38. The third-order valence-electron chi connectivity index (χ3n) is 3.32. The van der Waals surface area contributed by atoms with Gasteiger partial charge in [0.05, 0.1) is 12.4 Å². The number of carbonyl (C=O) groups is 2. The first kappa shape index (κ1) is 17.1. The average Bonchev–Trinajstić information content (AvgIpc) is 2.58. The van der Waals surface area contributed by atoms with E-state index in [1.165, 1.54) is 12.4 Å². The third-order valence-corrected chi connectivity index (χ3v) is 3.32. The van der Waals surface area contributed by atoms with Gasteiger partial charge in [-0.3, -0.25) is 9.59 Å². The minimum atomic E-state index is -0.887. The molecule has 0 radical (unpaired) electrons. The van der Waals surface area contributed by atoms with Gasteiger partial charge in [0.2, 0.25) is 0 Å². The van der Waals surface area contributed by atoms with E-state index < -0.39 is 11.8 Å². The highest BCUT2D eigenvalue weighted by molar-refractivity contribution is 6.35. The van der Waals surface area contributed by atoms with Crippen LogP contribution in [0.4, 0.5) is 0 Å². The number of rotatable bonds is 4. The predicted octanol–water partition coefficient (Wildman–Crippen LogP) is 1.90. The Morgan fingerprint density at radius 2 is 1.12 bits per heavy atom. The van der Waals surface area contributed by atoms with E-state index in [1.54, 1.807) is 0 Å². The molecule has 0 heterocycles. The molecule has 0 spiro atoms. The van der Waals surface area contributed by atoms with Gasteiger partial charge in [-0.25, -0.2) is 10.9 Å². The van der Waals surface area contributed by atoms with Crippen LogP contribution in [0.1, 0.15) is 22.3 Å². The van der Waals surface area contributed by atoms with Gasteiger partial charge in [-0.1, -0.05) is 48.5 Å². The van der Waals surface area contributed by atoms with Crippen molar-refractivity contribution in [2.45, 2.75) is 13.8 Å². The molecule has 0 saturated heterocycles. The molecule has 0 aliphatic heterocycles. The second-order valence-corrected chi connectivity index (χ2v) is 5.11. The Balaban J connectivity index is 1.85. The lowest BCUT2D eigenvalue weighted by Gasteiger charge is -2.00. The number of aryl methyl sites for hydroxylation is 2. The van der Waals surface area contributed by atoms with Crippen molar-refractivity contribution in [1.82, 2.24) is 10.9 Å². The van der Waals surface area contributed by atoms with Crippen LogP contribution in [0.2, 0.25) is 0 Å².